The van der Waals surface area contributed by atoms with Crippen molar-refractivity contribution in [1.29, 1.82) is 5.26 Å². The van der Waals surface area contributed by atoms with Crippen molar-refractivity contribution in [3.05, 3.63) is 63.5 Å². The molecule has 2 N–H and O–H groups in total. The number of carbonyl (C=O) groups excluding carboxylic acids is 3. The Morgan fingerprint density at radius 3 is 2.50 bits per heavy atom. The molecule has 0 aromatic carbocycles. The average molecular weight is 466 g/mol. The molecule has 3 aromatic heterocycles. The monoisotopic (exact) mass is 466 g/mol. The van der Waals surface area contributed by atoms with Crippen LogP contribution < -0.4 is 5.32 Å². The summed E-state index contributed by atoms with van der Waals surface area (Å²) < 4.78 is 17.3. The Balaban J connectivity index is 1.74. The third-order valence-corrected chi connectivity index (χ3v) is 5.55. The van der Waals surface area contributed by atoms with E-state index in [4.69, 9.17) is 13.9 Å². The second-order valence-electron chi connectivity index (χ2n) is 7.68. The highest BCUT2D eigenvalue weighted by molar-refractivity contribution is 6.00. The Morgan fingerprint density at radius 1 is 1.15 bits per heavy atom. The first kappa shape index (κ1) is 24.4. The molecular weight excluding hydrogens is 440 g/mol. The van der Waals surface area contributed by atoms with Crippen molar-refractivity contribution in [2.75, 3.05) is 18.5 Å². The molecule has 178 valence electrons. The summed E-state index contributed by atoms with van der Waals surface area (Å²) in [7, 11) is 0. The number of esters is 2. The first-order valence-corrected chi connectivity index (χ1v) is 10.6. The fourth-order valence-corrected chi connectivity index (χ4v) is 3.72. The third-order valence-electron chi connectivity index (χ3n) is 5.55. The molecule has 0 spiro atoms. The predicted molar refractivity (Wildman–Crippen MR) is 122 cm³/mol. The van der Waals surface area contributed by atoms with Crippen molar-refractivity contribution >= 4 is 23.7 Å². The summed E-state index contributed by atoms with van der Waals surface area (Å²) in [5, 5.41) is 12.3. The quantitative estimate of drug-likeness (QED) is 0.484. The molecule has 0 saturated carbocycles. The number of amides is 1. The topological polar surface area (TPSA) is 139 Å². The number of furan rings is 1. The Labute approximate surface area is 196 Å². The van der Waals surface area contributed by atoms with Crippen molar-refractivity contribution in [3.63, 3.8) is 0 Å². The SMILES string of the molecule is CCOC(=O)c1c(C)[nH]c(C(=O)OCC(=O)Nc2c(C#N)c(C)c(C)n2Cc2ccco2)c1C. The van der Waals surface area contributed by atoms with Crippen LogP contribution in [-0.4, -0.2) is 40.6 Å². The lowest BCUT2D eigenvalue weighted by Gasteiger charge is -2.12. The van der Waals surface area contributed by atoms with Gasteiger partial charge in [0, 0.05) is 11.4 Å². The van der Waals surface area contributed by atoms with E-state index < -0.39 is 24.5 Å². The summed E-state index contributed by atoms with van der Waals surface area (Å²) in [5.74, 6) is -0.997. The number of aromatic nitrogens is 2. The molecule has 0 saturated heterocycles. The predicted octanol–water partition coefficient (Wildman–Crippen LogP) is 3.54. The van der Waals surface area contributed by atoms with E-state index >= 15 is 0 Å². The average Bonchev–Trinajstić information content (AvgIpc) is 3.47. The van der Waals surface area contributed by atoms with E-state index in [2.05, 4.69) is 16.4 Å². The first-order valence-electron chi connectivity index (χ1n) is 10.6. The molecule has 10 nitrogen and oxygen atoms in total. The van der Waals surface area contributed by atoms with Crippen molar-refractivity contribution in [2.24, 2.45) is 0 Å². The van der Waals surface area contributed by atoms with Gasteiger partial charge in [0.2, 0.25) is 0 Å². The lowest BCUT2D eigenvalue weighted by molar-refractivity contribution is -0.119. The number of nitrogens with zero attached hydrogens (tertiary/aromatic N) is 2. The van der Waals surface area contributed by atoms with Crippen LogP contribution in [0.15, 0.2) is 22.8 Å². The molecule has 34 heavy (non-hydrogen) atoms. The summed E-state index contributed by atoms with van der Waals surface area (Å²) in [5.41, 5.74) is 3.02. The number of hydrogen-bond donors (Lipinski definition) is 2. The van der Waals surface area contributed by atoms with Gasteiger partial charge in [0.15, 0.2) is 6.61 Å². The van der Waals surface area contributed by atoms with Gasteiger partial charge in [-0.15, -0.1) is 0 Å². The van der Waals surface area contributed by atoms with E-state index in [-0.39, 0.29) is 17.9 Å². The van der Waals surface area contributed by atoms with Crippen LogP contribution >= 0.6 is 0 Å². The summed E-state index contributed by atoms with van der Waals surface area (Å²) in [6.07, 6.45) is 1.54. The molecule has 1 amide bonds. The molecular formula is C24H26N4O6. The van der Waals surface area contributed by atoms with Crippen molar-refractivity contribution < 1.29 is 28.3 Å². The van der Waals surface area contributed by atoms with E-state index in [1.165, 1.54) is 0 Å². The smallest absolute Gasteiger partial charge is 0.355 e. The van der Waals surface area contributed by atoms with E-state index in [9.17, 15) is 19.6 Å². The van der Waals surface area contributed by atoms with Crippen LogP contribution in [0.5, 0.6) is 0 Å². The minimum absolute atomic E-state index is 0.0685. The molecule has 0 fully saturated rings. The van der Waals surface area contributed by atoms with Gasteiger partial charge in [0.1, 0.15) is 23.3 Å². The lowest BCUT2D eigenvalue weighted by Crippen LogP contribution is -2.23. The number of aromatic amines is 1. The van der Waals surface area contributed by atoms with E-state index in [1.807, 2.05) is 6.92 Å². The van der Waals surface area contributed by atoms with Crippen LogP contribution in [0.3, 0.4) is 0 Å². The molecule has 3 rings (SSSR count). The fourth-order valence-electron chi connectivity index (χ4n) is 3.72. The molecule has 0 unspecified atom stereocenters. The molecule has 3 aromatic rings. The summed E-state index contributed by atoms with van der Waals surface area (Å²) >= 11 is 0. The molecule has 0 atom stereocenters. The Hall–Kier alpha value is -4.26. The number of anilines is 1. The maximum absolute atomic E-state index is 12.6. The summed E-state index contributed by atoms with van der Waals surface area (Å²) in [4.78, 5) is 40.2. The molecule has 0 radical (unpaired) electrons. The van der Waals surface area contributed by atoms with Gasteiger partial charge in [-0.3, -0.25) is 4.79 Å². The van der Waals surface area contributed by atoms with Crippen molar-refractivity contribution in [1.82, 2.24) is 9.55 Å². The summed E-state index contributed by atoms with van der Waals surface area (Å²) in [6.45, 7) is 8.49. The van der Waals surface area contributed by atoms with E-state index in [0.29, 0.717) is 34.9 Å². The number of hydrogen-bond acceptors (Lipinski definition) is 7. The third kappa shape index (κ3) is 4.73. The number of rotatable bonds is 8. The van der Waals surface area contributed by atoms with Gasteiger partial charge >= 0.3 is 11.9 Å². The second kappa shape index (κ2) is 10.1. The molecule has 10 heteroatoms. The van der Waals surface area contributed by atoms with Gasteiger partial charge in [0.05, 0.1) is 30.5 Å². The Kier molecular flexibility index (Phi) is 7.26. The number of nitriles is 1. The molecule has 0 aliphatic heterocycles. The van der Waals surface area contributed by atoms with Gasteiger partial charge in [-0.05, 0) is 57.9 Å². The molecule has 3 heterocycles. The second-order valence-corrected chi connectivity index (χ2v) is 7.68. The zero-order valence-corrected chi connectivity index (χ0v) is 19.7. The van der Waals surface area contributed by atoms with Crippen LogP contribution in [0.25, 0.3) is 0 Å². The molecule has 0 bridgehead atoms. The maximum Gasteiger partial charge on any atom is 0.355 e. The number of aryl methyl sites for hydroxylation is 1. The minimum atomic E-state index is -0.787. The highest BCUT2D eigenvalue weighted by Crippen LogP contribution is 2.27. The number of ether oxygens (including phenoxy) is 2. The van der Waals surface area contributed by atoms with Crippen LogP contribution in [-0.2, 0) is 20.8 Å². The van der Waals surface area contributed by atoms with Crippen LogP contribution in [0, 0.1) is 39.0 Å². The zero-order valence-electron chi connectivity index (χ0n) is 19.7. The maximum atomic E-state index is 12.6. The van der Waals surface area contributed by atoms with Gasteiger partial charge in [-0.1, -0.05) is 0 Å². The van der Waals surface area contributed by atoms with E-state index in [1.54, 1.807) is 50.7 Å². The molecule has 0 aliphatic rings. The van der Waals surface area contributed by atoms with Crippen LogP contribution in [0.1, 0.15) is 61.6 Å². The standard InChI is InChI=1S/C24H26N4O6/c1-6-32-23(30)20-14(3)21(26-15(20)4)24(31)34-12-19(29)27-22-18(10-25)13(2)16(5)28(22)11-17-8-7-9-33-17/h7-9,26H,6,11-12H2,1-5H3,(H,27,29). The van der Waals surface area contributed by atoms with Crippen LogP contribution in [0.2, 0.25) is 0 Å². The number of nitrogens with one attached hydrogen (secondary N) is 2. The number of carbonyl (C=O) groups is 3. The lowest BCUT2D eigenvalue weighted by atomic mass is 10.1. The van der Waals surface area contributed by atoms with Crippen LogP contribution in [0.4, 0.5) is 5.82 Å². The highest BCUT2D eigenvalue weighted by atomic mass is 16.5. The summed E-state index contributed by atoms with van der Waals surface area (Å²) in [6, 6.07) is 5.66. The first-order chi connectivity index (χ1) is 16.2. The fraction of sp³-hybridized carbons (Fsp3) is 0.333. The van der Waals surface area contributed by atoms with Gasteiger partial charge in [-0.2, -0.15) is 5.26 Å². The largest absolute Gasteiger partial charge is 0.467 e. The number of H-pyrrole nitrogens is 1. The minimum Gasteiger partial charge on any atom is -0.467 e. The van der Waals surface area contributed by atoms with Crippen molar-refractivity contribution in [2.45, 2.75) is 41.2 Å². The molecule has 0 aliphatic carbocycles. The highest BCUT2D eigenvalue weighted by Gasteiger charge is 2.25. The van der Waals surface area contributed by atoms with Gasteiger partial charge < -0.3 is 28.8 Å². The normalized spacial score (nSPS) is 10.6. The van der Waals surface area contributed by atoms with Gasteiger partial charge in [-0.25, -0.2) is 9.59 Å². The van der Waals surface area contributed by atoms with Gasteiger partial charge in [0.25, 0.3) is 5.91 Å². The van der Waals surface area contributed by atoms with E-state index in [0.717, 1.165) is 11.3 Å². The zero-order chi connectivity index (χ0) is 25.0. The Morgan fingerprint density at radius 2 is 1.88 bits per heavy atom. The van der Waals surface area contributed by atoms with Crippen molar-refractivity contribution in [3.8, 4) is 6.07 Å². The Bertz CT molecular complexity index is 1270.